The van der Waals surface area contributed by atoms with Crippen LogP contribution in [-0.4, -0.2) is 35.4 Å². The van der Waals surface area contributed by atoms with Crippen LogP contribution >= 0.6 is 0 Å². The van der Waals surface area contributed by atoms with Crippen LogP contribution < -0.4 is 5.32 Å². The molecule has 4 aromatic rings. The number of pyridine rings is 1. The van der Waals surface area contributed by atoms with Crippen molar-refractivity contribution in [1.29, 1.82) is 0 Å². The first-order valence-electron chi connectivity index (χ1n) is 8.83. The molecule has 3 aromatic heterocycles. The number of amides is 1. The van der Waals surface area contributed by atoms with Gasteiger partial charge in [-0.3, -0.25) is 9.36 Å². The maximum absolute atomic E-state index is 13.6. The largest absolute Gasteiger partial charge is 0.435 e. The van der Waals surface area contributed by atoms with Crippen molar-refractivity contribution in [3.63, 3.8) is 0 Å². The second-order valence-corrected chi connectivity index (χ2v) is 6.35. The van der Waals surface area contributed by atoms with Crippen LogP contribution in [-0.2, 0) is 12.7 Å². The predicted octanol–water partition coefficient (Wildman–Crippen LogP) is 2.94. The Kier molecular flexibility index (Phi) is 5.19. The summed E-state index contributed by atoms with van der Waals surface area (Å²) in [5.41, 5.74) is -1.76. The number of imidazole rings is 1. The van der Waals surface area contributed by atoms with E-state index in [2.05, 4.69) is 25.6 Å². The van der Waals surface area contributed by atoms with Crippen LogP contribution in [0.5, 0.6) is 0 Å². The normalized spacial score (nSPS) is 11.5. The summed E-state index contributed by atoms with van der Waals surface area (Å²) in [7, 11) is 0. The molecule has 158 valence electrons. The highest BCUT2D eigenvalue weighted by Crippen LogP contribution is 2.32. The fourth-order valence-electron chi connectivity index (χ4n) is 2.79. The molecule has 1 amide bonds. The van der Waals surface area contributed by atoms with Crippen LogP contribution in [0.4, 0.5) is 17.6 Å². The Morgan fingerprint density at radius 3 is 2.48 bits per heavy atom. The molecule has 3 heterocycles. The Bertz CT molecular complexity index is 1180. The van der Waals surface area contributed by atoms with Crippen LogP contribution in [0.3, 0.4) is 0 Å². The molecule has 8 nitrogen and oxygen atoms in total. The minimum atomic E-state index is -4.92. The molecule has 0 radical (unpaired) electrons. The quantitative estimate of drug-likeness (QED) is 0.491. The summed E-state index contributed by atoms with van der Waals surface area (Å²) >= 11 is 0. The van der Waals surface area contributed by atoms with E-state index in [0.717, 1.165) is 24.3 Å². The first-order chi connectivity index (χ1) is 14.8. The van der Waals surface area contributed by atoms with Gasteiger partial charge in [0.05, 0.1) is 5.69 Å². The van der Waals surface area contributed by atoms with Crippen LogP contribution in [0.2, 0.25) is 0 Å². The molecule has 0 spiro atoms. The van der Waals surface area contributed by atoms with E-state index in [1.807, 2.05) is 0 Å². The summed E-state index contributed by atoms with van der Waals surface area (Å²) < 4.78 is 56.1. The van der Waals surface area contributed by atoms with E-state index in [-0.39, 0.29) is 12.2 Å². The number of hydrogen-bond acceptors (Lipinski definition) is 5. The molecule has 1 aromatic carbocycles. The van der Waals surface area contributed by atoms with Gasteiger partial charge in [0.25, 0.3) is 5.91 Å². The van der Waals surface area contributed by atoms with Crippen molar-refractivity contribution >= 4 is 5.91 Å². The van der Waals surface area contributed by atoms with E-state index < -0.39 is 29.3 Å². The monoisotopic (exact) mass is 431 g/mol. The van der Waals surface area contributed by atoms with Gasteiger partial charge in [0.1, 0.15) is 18.0 Å². The minimum absolute atomic E-state index is 0.0727. The zero-order valence-corrected chi connectivity index (χ0v) is 15.6. The molecular formula is C19H13F4N7O. The number of carbonyl (C=O) groups excluding carboxylic acids is 1. The van der Waals surface area contributed by atoms with Gasteiger partial charge in [-0.2, -0.15) is 13.2 Å². The van der Waals surface area contributed by atoms with Gasteiger partial charge in [-0.1, -0.05) is 11.3 Å². The van der Waals surface area contributed by atoms with Gasteiger partial charge in [0.2, 0.25) is 0 Å². The van der Waals surface area contributed by atoms with E-state index in [1.165, 1.54) is 6.20 Å². The van der Waals surface area contributed by atoms with Gasteiger partial charge in [0.15, 0.2) is 11.4 Å². The maximum Gasteiger partial charge on any atom is 0.435 e. The highest BCUT2D eigenvalue weighted by molar-refractivity contribution is 5.93. The fourth-order valence-corrected chi connectivity index (χ4v) is 2.79. The molecule has 0 fully saturated rings. The third kappa shape index (κ3) is 4.27. The van der Waals surface area contributed by atoms with Crippen LogP contribution in [0.25, 0.3) is 11.5 Å². The molecule has 0 aliphatic heterocycles. The molecular weight excluding hydrogens is 418 g/mol. The Morgan fingerprint density at radius 2 is 1.87 bits per heavy atom. The Hall–Kier alpha value is -4.09. The summed E-state index contributed by atoms with van der Waals surface area (Å²) in [5.74, 6) is -1.09. The Morgan fingerprint density at radius 1 is 1.10 bits per heavy atom. The van der Waals surface area contributed by atoms with Crippen molar-refractivity contribution in [2.24, 2.45) is 0 Å². The van der Waals surface area contributed by atoms with E-state index in [9.17, 15) is 22.4 Å². The molecule has 1 N–H and O–H groups in total. The van der Waals surface area contributed by atoms with Gasteiger partial charge >= 0.3 is 6.18 Å². The number of nitrogens with one attached hydrogen (secondary N) is 1. The second kappa shape index (κ2) is 7.97. The molecule has 31 heavy (non-hydrogen) atoms. The lowest BCUT2D eigenvalue weighted by Gasteiger charge is -2.11. The smallest absolute Gasteiger partial charge is 0.346 e. The molecule has 0 unspecified atom stereocenters. The van der Waals surface area contributed by atoms with Crippen molar-refractivity contribution in [3.05, 3.63) is 84.1 Å². The number of nitrogens with zero attached hydrogens (tertiary/aromatic N) is 6. The highest BCUT2D eigenvalue weighted by atomic mass is 19.4. The van der Waals surface area contributed by atoms with Crippen LogP contribution in [0.15, 0.2) is 61.3 Å². The number of hydrogen-bond donors (Lipinski definition) is 1. The first kappa shape index (κ1) is 20.2. The van der Waals surface area contributed by atoms with Gasteiger partial charge in [-0.05, 0) is 35.9 Å². The third-order valence-corrected chi connectivity index (χ3v) is 4.26. The summed E-state index contributed by atoms with van der Waals surface area (Å²) in [6, 6.07) is 7.52. The number of halogens is 4. The van der Waals surface area contributed by atoms with E-state index in [4.69, 9.17) is 0 Å². The van der Waals surface area contributed by atoms with E-state index >= 15 is 0 Å². The highest BCUT2D eigenvalue weighted by Gasteiger charge is 2.42. The predicted molar refractivity (Wildman–Crippen MR) is 98.8 cm³/mol. The number of aromatic nitrogens is 6. The first-order valence-corrected chi connectivity index (χ1v) is 8.83. The van der Waals surface area contributed by atoms with Crippen molar-refractivity contribution < 1.29 is 22.4 Å². The van der Waals surface area contributed by atoms with Crippen molar-refractivity contribution in [1.82, 2.24) is 34.8 Å². The zero-order chi connectivity index (χ0) is 22.0. The number of benzene rings is 1. The average Bonchev–Trinajstić information content (AvgIpc) is 3.43. The number of alkyl halides is 3. The number of rotatable bonds is 5. The van der Waals surface area contributed by atoms with E-state index in [1.54, 1.807) is 35.4 Å². The lowest BCUT2D eigenvalue weighted by atomic mass is 10.2. The van der Waals surface area contributed by atoms with Gasteiger partial charge in [-0.25, -0.2) is 19.0 Å². The van der Waals surface area contributed by atoms with Gasteiger partial charge in [-0.15, -0.1) is 5.10 Å². The SMILES string of the molecule is O=C(NCc1ccc(-n2ccnc2)nc1)c1nnn(-c2ccc(F)cc2)c1C(F)(F)F. The molecule has 0 saturated heterocycles. The molecule has 4 rings (SSSR count). The van der Waals surface area contributed by atoms with Crippen molar-refractivity contribution in [2.45, 2.75) is 12.7 Å². The Balaban J connectivity index is 1.54. The van der Waals surface area contributed by atoms with Crippen molar-refractivity contribution in [3.8, 4) is 11.5 Å². The fraction of sp³-hybridized carbons (Fsp3) is 0.105. The lowest BCUT2D eigenvalue weighted by molar-refractivity contribution is -0.143. The number of carbonyl (C=O) groups is 1. The standard InChI is InChI=1S/C19H13F4N7O/c20-13-2-4-14(5-3-13)30-17(19(21,22)23)16(27-28-30)18(31)26-10-12-1-6-15(25-9-12)29-8-7-24-11-29/h1-9,11H,10H2,(H,26,31). The second-order valence-electron chi connectivity index (χ2n) is 6.35. The Labute approximate surface area is 172 Å². The molecule has 0 aliphatic carbocycles. The zero-order valence-electron chi connectivity index (χ0n) is 15.6. The van der Waals surface area contributed by atoms with Crippen LogP contribution in [0, 0.1) is 5.82 Å². The van der Waals surface area contributed by atoms with Crippen molar-refractivity contribution in [2.75, 3.05) is 0 Å². The molecule has 12 heteroatoms. The minimum Gasteiger partial charge on any atom is -0.346 e. The molecule has 0 bridgehead atoms. The molecule has 0 aliphatic rings. The van der Waals surface area contributed by atoms with Gasteiger partial charge < -0.3 is 5.32 Å². The summed E-state index contributed by atoms with van der Waals surface area (Å²) in [5, 5.41) is 9.23. The third-order valence-electron chi connectivity index (χ3n) is 4.26. The van der Waals surface area contributed by atoms with Crippen LogP contribution in [0.1, 0.15) is 21.7 Å². The summed E-state index contributed by atoms with van der Waals surface area (Å²) in [6.07, 6.45) is 1.42. The average molecular weight is 431 g/mol. The van der Waals surface area contributed by atoms with E-state index in [0.29, 0.717) is 16.1 Å². The molecule has 0 atom stereocenters. The lowest BCUT2D eigenvalue weighted by Crippen LogP contribution is -2.27. The summed E-state index contributed by atoms with van der Waals surface area (Å²) in [6.45, 7) is -0.0727. The topological polar surface area (TPSA) is 90.5 Å². The summed E-state index contributed by atoms with van der Waals surface area (Å²) in [4.78, 5) is 20.5. The van der Waals surface area contributed by atoms with Gasteiger partial charge in [0, 0.05) is 25.1 Å². The maximum atomic E-state index is 13.6. The molecule has 0 saturated carbocycles.